The summed E-state index contributed by atoms with van der Waals surface area (Å²) in [5, 5.41) is 7.22. The van der Waals surface area contributed by atoms with E-state index in [9.17, 15) is 9.36 Å². The van der Waals surface area contributed by atoms with Crippen LogP contribution in [0.2, 0.25) is 0 Å². The smallest absolute Gasteiger partial charge is 0.418 e. The van der Waals surface area contributed by atoms with Crippen LogP contribution in [0, 0.1) is 0 Å². The second-order valence-corrected chi connectivity index (χ2v) is 15.4. The Morgan fingerprint density at radius 2 is 1.87 bits per heavy atom. The molecule has 2 aliphatic heterocycles. The van der Waals surface area contributed by atoms with Gasteiger partial charge in [-0.2, -0.15) is 4.98 Å². The zero-order valence-electron chi connectivity index (χ0n) is 26.2. The summed E-state index contributed by atoms with van der Waals surface area (Å²) in [5.74, 6) is 1.40. The number of fused-ring (bicyclic) bond motifs is 1. The summed E-state index contributed by atoms with van der Waals surface area (Å²) >= 11 is 3.55. The van der Waals surface area contributed by atoms with Crippen molar-refractivity contribution >= 4 is 80.4 Å². The fourth-order valence-electron chi connectivity index (χ4n) is 5.78. The van der Waals surface area contributed by atoms with Crippen molar-refractivity contribution < 1.29 is 18.8 Å². The number of halogens is 1. The van der Waals surface area contributed by atoms with Gasteiger partial charge in [0.2, 0.25) is 5.95 Å². The highest BCUT2D eigenvalue weighted by Crippen LogP contribution is 2.42. The number of allylic oxidation sites excluding steroid dienone is 2. The molecule has 2 aromatic carbocycles. The van der Waals surface area contributed by atoms with Crippen LogP contribution >= 0.6 is 23.1 Å². The number of amides is 1. The van der Waals surface area contributed by atoms with Crippen molar-refractivity contribution in [1.29, 1.82) is 0 Å². The molecule has 6 rings (SSSR count). The Balaban J connectivity index is 1.24. The molecule has 0 unspecified atom stereocenters. The molecule has 1 saturated heterocycles. The molecule has 4 heterocycles. The molecule has 2 aromatic heterocycles. The van der Waals surface area contributed by atoms with Gasteiger partial charge in [0, 0.05) is 55.7 Å². The minimum Gasteiger partial charge on any atom is -0.494 e. The maximum absolute atomic E-state index is 13.4. The molecule has 2 N–H and O–H groups in total. The predicted octanol–water partition coefficient (Wildman–Crippen LogP) is 7.02. The van der Waals surface area contributed by atoms with Crippen LogP contribution in [0.1, 0.15) is 18.4 Å². The van der Waals surface area contributed by atoms with E-state index in [0.29, 0.717) is 49.7 Å². The van der Waals surface area contributed by atoms with E-state index in [1.165, 1.54) is 6.26 Å². The van der Waals surface area contributed by atoms with Gasteiger partial charge in [0.1, 0.15) is 24.2 Å². The lowest BCUT2D eigenvalue weighted by Gasteiger charge is -2.38. The van der Waals surface area contributed by atoms with Crippen LogP contribution in [-0.4, -0.2) is 70.5 Å². The minimum absolute atomic E-state index is 0.0440. The number of hydrogen-bond donors (Lipinski definition) is 2. The maximum Gasteiger partial charge on any atom is 0.418 e. The molecule has 0 saturated carbocycles. The molecule has 0 spiro atoms. The van der Waals surface area contributed by atoms with Crippen LogP contribution in [0.4, 0.5) is 33.6 Å². The van der Waals surface area contributed by atoms with Gasteiger partial charge in [-0.25, -0.2) is 9.78 Å². The normalized spacial score (nSPS) is 15.4. The lowest BCUT2D eigenvalue weighted by molar-refractivity contribution is 0.134. The number of nitrogens with one attached hydrogen (secondary N) is 2. The fraction of sp³-hybridized carbons (Fsp3) is 0.242. The van der Waals surface area contributed by atoms with Gasteiger partial charge in [0.15, 0.2) is 0 Å². The zero-order chi connectivity index (χ0) is 33.1. The number of benzene rings is 2. The highest BCUT2D eigenvalue weighted by Gasteiger charge is 2.29. The summed E-state index contributed by atoms with van der Waals surface area (Å²) in [6, 6.07) is 7.65. The van der Waals surface area contributed by atoms with Crippen LogP contribution in [-0.2, 0) is 9.30 Å². The molecule has 0 atom stereocenters. The summed E-state index contributed by atoms with van der Waals surface area (Å²) in [4.78, 5) is 34.4. The second kappa shape index (κ2) is 13.5. The average Bonchev–Trinajstić information content (AvgIpc) is 3.29. The first kappa shape index (κ1) is 32.2. The largest absolute Gasteiger partial charge is 0.494 e. The minimum atomic E-state index is -2.77. The molecule has 14 heteroatoms. The van der Waals surface area contributed by atoms with E-state index in [1.54, 1.807) is 62.3 Å². The monoisotopic (exact) mass is 716 g/mol. The van der Waals surface area contributed by atoms with Gasteiger partial charge < -0.3 is 29.6 Å². The van der Waals surface area contributed by atoms with Crippen molar-refractivity contribution in [2.75, 3.05) is 49.1 Å². The molecule has 0 radical (unpaired) electrons. The number of ether oxygens (including phenoxy) is 2. The van der Waals surface area contributed by atoms with Gasteiger partial charge in [-0.3, -0.25) is 14.9 Å². The lowest BCUT2D eigenvalue weighted by atomic mass is 10.0. The number of piperidine rings is 1. The van der Waals surface area contributed by atoms with Crippen molar-refractivity contribution in [1.82, 2.24) is 24.8 Å². The summed E-state index contributed by atoms with van der Waals surface area (Å²) in [7, 11) is -1.16. The average molecular weight is 718 g/mol. The standard InChI is InChI=1S/C33H34BrN8O4P/c1-5-21-18-26(28(45-2)19-27(21)41-15-10-22(11-16-41)42-14-6-7-17-46-33(42)43)39-32-37-20-23(34)31(40-32)38-25-9-8-24-29(36-13-12-35-24)30(25)47(3,4)44/h5-9,12-14,17-20,22H,1,10-11,15-16H2,2-4H3,(H2,37,38,39,40). The molecule has 0 bridgehead atoms. The number of aromatic nitrogens is 4. The molecule has 4 aromatic rings. The number of carbonyl (C=O) groups is 1. The van der Waals surface area contributed by atoms with Crippen LogP contribution in [0.25, 0.3) is 17.1 Å². The third kappa shape index (κ3) is 6.86. The first-order valence-corrected chi connectivity index (χ1v) is 18.3. The third-order valence-corrected chi connectivity index (χ3v) is 10.1. The van der Waals surface area contributed by atoms with Gasteiger partial charge in [0.05, 0.1) is 40.0 Å². The summed E-state index contributed by atoms with van der Waals surface area (Å²) in [6.07, 6.45) is 14.5. The van der Waals surface area contributed by atoms with E-state index in [0.717, 1.165) is 37.2 Å². The highest BCUT2D eigenvalue weighted by molar-refractivity contribution is 9.10. The number of cyclic esters (lactones) is 1. The van der Waals surface area contributed by atoms with Crippen LogP contribution in [0.15, 0.2) is 78.5 Å². The van der Waals surface area contributed by atoms with E-state index in [4.69, 9.17) is 14.5 Å². The number of carbonyl (C=O) groups excluding carboxylic acids is 1. The fourth-order valence-corrected chi connectivity index (χ4v) is 7.47. The van der Waals surface area contributed by atoms with Gasteiger partial charge >= 0.3 is 6.09 Å². The Hall–Kier alpha value is -4.74. The van der Waals surface area contributed by atoms with E-state index in [-0.39, 0.29) is 12.1 Å². The molecule has 0 aliphatic carbocycles. The first-order valence-electron chi connectivity index (χ1n) is 14.9. The number of anilines is 5. The number of rotatable bonds is 9. The molecule has 1 fully saturated rings. The van der Waals surface area contributed by atoms with Crippen LogP contribution < -0.4 is 25.6 Å². The first-order chi connectivity index (χ1) is 22.7. The molecule has 2 aliphatic rings. The lowest BCUT2D eigenvalue weighted by Crippen LogP contribution is -2.45. The number of methoxy groups -OCH3 is 1. The molecule has 12 nitrogen and oxygen atoms in total. The SMILES string of the molecule is C=Cc1cc(Nc2ncc(Br)c(Nc3ccc4nccnc4c3P(C)(C)=O)n2)c(OC)cc1N1CCC(N2C=CC=COC2=O)CC1. The highest BCUT2D eigenvalue weighted by atomic mass is 79.9. The number of nitrogens with zero attached hydrogens (tertiary/aromatic N) is 6. The van der Waals surface area contributed by atoms with Crippen molar-refractivity contribution in [2.45, 2.75) is 18.9 Å². The zero-order valence-corrected chi connectivity index (χ0v) is 28.7. The van der Waals surface area contributed by atoms with E-state index in [2.05, 4.69) is 53.0 Å². The predicted molar refractivity (Wildman–Crippen MR) is 190 cm³/mol. The van der Waals surface area contributed by atoms with Crippen molar-refractivity contribution in [3.05, 3.63) is 84.1 Å². The van der Waals surface area contributed by atoms with Gasteiger partial charge in [-0.15, -0.1) is 0 Å². The van der Waals surface area contributed by atoms with E-state index in [1.807, 2.05) is 30.3 Å². The molecule has 1 amide bonds. The Morgan fingerprint density at radius 3 is 2.62 bits per heavy atom. The third-order valence-electron chi connectivity index (χ3n) is 7.98. The molecule has 47 heavy (non-hydrogen) atoms. The second-order valence-electron chi connectivity index (χ2n) is 11.4. The molecular formula is C33H34BrN8O4P. The Morgan fingerprint density at radius 1 is 1.09 bits per heavy atom. The summed E-state index contributed by atoms with van der Waals surface area (Å²) in [5.41, 5.74) is 4.41. The van der Waals surface area contributed by atoms with Crippen molar-refractivity contribution in [3.63, 3.8) is 0 Å². The number of hydrogen-bond acceptors (Lipinski definition) is 11. The maximum atomic E-state index is 13.4. The topological polar surface area (TPSA) is 135 Å². The molecular weight excluding hydrogens is 683 g/mol. The molecule has 242 valence electrons. The van der Waals surface area contributed by atoms with Crippen LogP contribution in [0.3, 0.4) is 0 Å². The van der Waals surface area contributed by atoms with Crippen LogP contribution in [0.5, 0.6) is 5.75 Å². The van der Waals surface area contributed by atoms with Gasteiger partial charge in [-0.05, 0) is 78.0 Å². The quantitative estimate of drug-likeness (QED) is 0.173. The Labute approximate surface area is 281 Å². The van der Waals surface area contributed by atoms with Gasteiger partial charge in [0.25, 0.3) is 0 Å². The summed E-state index contributed by atoms with van der Waals surface area (Å²) in [6.45, 7) is 8.95. The van der Waals surface area contributed by atoms with Crippen molar-refractivity contribution in [2.24, 2.45) is 0 Å². The van der Waals surface area contributed by atoms with Gasteiger partial charge in [-0.1, -0.05) is 12.7 Å². The Bertz CT molecular complexity index is 1950. The van der Waals surface area contributed by atoms with E-state index < -0.39 is 7.14 Å². The van der Waals surface area contributed by atoms with E-state index >= 15 is 0 Å². The van der Waals surface area contributed by atoms with Crippen molar-refractivity contribution in [3.8, 4) is 5.75 Å². The summed E-state index contributed by atoms with van der Waals surface area (Å²) < 4.78 is 25.0. The Kier molecular flexibility index (Phi) is 9.28.